The maximum atomic E-state index is 12.5. The lowest BCUT2D eigenvalue weighted by atomic mass is 9.95. The molecule has 0 spiro atoms. The number of hydrogen-bond donors (Lipinski definition) is 0. The van der Waals surface area contributed by atoms with Gasteiger partial charge in [0.2, 0.25) is 5.91 Å². The van der Waals surface area contributed by atoms with Crippen molar-refractivity contribution in [3.05, 3.63) is 33.1 Å². The summed E-state index contributed by atoms with van der Waals surface area (Å²) >= 11 is 1.65. The number of piperidine rings is 1. The van der Waals surface area contributed by atoms with Crippen molar-refractivity contribution < 1.29 is 9.32 Å². The van der Waals surface area contributed by atoms with E-state index >= 15 is 0 Å². The molecule has 0 radical (unpaired) electrons. The van der Waals surface area contributed by atoms with Crippen LogP contribution in [0.5, 0.6) is 0 Å². The van der Waals surface area contributed by atoms with Gasteiger partial charge in [-0.1, -0.05) is 5.16 Å². The van der Waals surface area contributed by atoms with Crippen LogP contribution in [0.4, 0.5) is 0 Å². The van der Waals surface area contributed by atoms with E-state index in [0.29, 0.717) is 25.0 Å². The molecule has 0 N–H and O–H groups in total. The van der Waals surface area contributed by atoms with Gasteiger partial charge in [-0.2, -0.15) is 0 Å². The number of carbonyl (C=O) groups is 1. The second-order valence-electron chi connectivity index (χ2n) is 7.11. The van der Waals surface area contributed by atoms with Crippen LogP contribution in [-0.4, -0.2) is 44.5 Å². The van der Waals surface area contributed by atoms with Crippen molar-refractivity contribution in [2.45, 2.75) is 65.2 Å². The van der Waals surface area contributed by atoms with E-state index in [0.717, 1.165) is 48.1 Å². The van der Waals surface area contributed by atoms with E-state index in [1.807, 2.05) is 20.8 Å². The second-order valence-corrected chi connectivity index (χ2v) is 8.18. The molecule has 0 saturated carbocycles. The Morgan fingerprint density at radius 2 is 2.08 bits per heavy atom. The molecule has 7 heteroatoms. The predicted octanol–water partition coefficient (Wildman–Crippen LogP) is 2.82. The Hall–Kier alpha value is -1.73. The fourth-order valence-corrected chi connectivity index (χ4v) is 4.83. The van der Waals surface area contributed by atoms with Gasteiger partial charge < -0.3 is 9.42 Å². The third-order valence-electron chi connectivity index (χ3n) is 5.54. The number of aryl methyl sites for hydroxylation is 3. The van der Waals surface area contributed by atoms with Crippen molar-refractivity contribution in [3.63, 3.8) is 0 Å². The number of hydrogen-bond acceptors (Lipinski definition) is 6. The highest BCUT2D eigenvalue weighted by atomic mass is 32.1. The largest absolute Gasteiger partial charge is 0.361 e. The molecule has 2 aliphatic heterocycles. The van der Waals surface area contributed by atoms with Gasteiger partial charge in [-0.05, 0) is 33.6 Å². The van der Waals surface area contributed by atoms with E-state index < -0.39 is 0 Å². The summed E-state index contributed by atoms with van der Waals surface area (Å²) < 4.78 is 5.31. The summed E-state index contributed by atoms with van der Waals surface area (Å²) in [4.78, 5) is 21.7. The SMILES string of the molecule is Cc1nc(CN2C(=O)CC[C@H]3[C@H]2CCN3Cc2c(C)noc2C)cs1. The van der Waals surface area contributed by atoms with E-state index in [2.05, 4.69) is 25.3 Å². The van der Waals surface area contributed by atoms with Crippen molar-refractivity contribution in [1.82, 2.24) is 19.9 Å². The van der Waals surface area contributed by atoms with Crippen LogP contribution < -0.4 is 0 Å². The highest BCUT2D eigenvalue weighted by molar-refractivity contribution is 7.09. The first-order chi connectivity index (χ1) is 12.0. The molecule has 2 aromatic rings. The van der Waals surface area contributed by atoms with Gasteiger partial charge >= 0.3 is 0 Å². The minimum atomic E-state index is 0.270. The van der Waals surface area contributed by atoms with Crippen LogP contribution in [-0.2, 0) is 17.9 Å². The van der Waals surface area contributed by atoms with Crippen LogP contribution in [0.2, 0.25) is 0 Å². The lowest BCUT2D eigenvalue weighted by Gasteiger charge is -2.39. The van der Waals surface area contributed by atoms with E-state index in [9.17, 15) is 4.79 Å². The number of aromatic nitrogens is 2. The zero-order valence-corrected chi connectivity index (χ0v) is 15.8. The maximum absolute atomic E-state index is 12.5. The highest BCUT2D eigenvalue weighted by Crippen LogP contribution is 2.34. The monoisotopic (exact) mass is 360 g/mol. The summed E-state index contributed by atoms with van der Waals surface area (Å²) in [6, 6.07) is 0.717. The molecule has 2 fully saturated rings. The molecule has 25 heavy (non-hydrogen) atoms. The number of nitrogens with zero attached hydrogens (tertiary/aromatic N) is 4. The minimum absolute atomic E-state index is 0.270. The van der Waals surface area contributed by atoms with Gasteiger partial charge in [0.25, 0.3) is 0 Å². The van der Waals surface area contributed by atoms with Gasteiger partial charge in [0.15, 0.2) is 0 Å². The Kier molecular flexibility index (Phi) is 4.37. The number of rotatable bonds is 4. The smallest absolute Gasteiger partial charge is 0.223 e. The molecule has 4 heterocycles. The minimum Gasteiger partial charge on any atom is -0.361 e. The molecule has 1 amide bonds. The predicted molar refractivity (Wildman–Crippen MR) is 95.2 cm³/mol. The van der Waals surface area contributed by atoms with Gasteiger partial charge in [-0.15, -0.1) is 11.3 Å². The zero-order valence-electron chi connectivity index (χ0n) is 15.0. The van der Waals surface area contributed by atoms with Crippen LogP contribution in [0.3, 0.4) is 0 Å². The number of amides is 1. The molecule has 4 rings (SSSR count). The van der Waals surface area contributed by atoms with Crippen LogP contribution in [0, 0.1) is 20.8 Å². The standard InChI is InChI=1S/C18H24N4O2S/c1-11-15(12(2)24-20-11)9-21-7-6-17-16(21)4-5-18(23)22(17)8-14-10-25-13(3)19-14/h10,16-17H,4-9H2,1-3H3/t16-,17+/m0/s1. The number of fused-ring (bicyclic) bond motifs is 1. The Morgan fingerprint density at radius 1 is 1.24 bits per heavy atom. The molecule has 6 nitrogen and oxygen atoms in total. The topological polar surface area (TPSA) is 62.5 Å². The number of carbonyl (C=O) groups excluding carboxylic acids is 1. The van der Waals surface area contributed by atoms with E-state index in [1.165, 1.54) is 5.56 Å². The summed E-state index contributed by atoms with van der Waals surface area (Å²) in [7, 11) is 0. The molecule has 134 valence electrons. The first kappa shape index (κ1) is 16.7. The van der Waals surface area contributed by atoms with Crippen molar-refractivity contribution in [2.75, 3.05) is 6.54 Å². The fourth-order valence-electron chi connectivity index (χ4n) is 4.23. The lowest BCUT2D eigenvalue weighted by Crippen LogP contribution is -2.51. The van der Waals surface area contributed by atoms with Gasteiger partial charge in [0, 0.05) is 42.5 Å². The molecule has 0 aliphatic carbocycles. The molecule has 2 saturated heterocycles. The number of thiazole rings is 1. The maximum Gasteiger partial charge on any atom is 0.223 e. The molecule has 2 atom stereocenters. The van der Waals surface area contributed by atoms with E-state index in [1.54, 1.807) is 11.3 Å². The average Bonchev–Trinajstić information content (AvgIpc) is 3.26. The Labute approximate surface area is 151 Å². The van der Waals surface area contributed by atoms with Crippen LogP contribution in [0.1, 0.15) is 47.0 Å². The molecule has 0 bridgehead atoms. The summed E-state index contributed by atoms with van der Waals surface area (Å²) in [5.74, 6) is 1.17. The van der Waals surface area contributed by atoms with E-state index in [-0.39, 0.29) is 5.91 Å². The highest BCUT2D eigenvalue weighted by Gasteiger charge is 2.43. The quantitative estimate of drug-likeness (QED) is 0.839. The first-order valence-corrected chi connectivity index (χ1v) is 9.77. The summed E-state index contributed by atoms with van der Waals surface area (Å²) in [6.07, 6.45) is 2.60. The average molecular weight is 360 g/mol. The Morgan fingerprint density at radius 3 is 2.76 bits per heavy atom. The summed E-state index contributed by atoms with van der Waals surface area (Å²) in [6.45, 7) is 8.50. The Bertz CT molecular complexity index is 764. The van der Waals surface area contributed by atoms with Crippen molar-refractivity contribution >= 4 is 17.2 Å². The summed E-state index contributed by atoms with van der Waals surface area (Å²) in [5.41, 5.74) is 3.18. The van der Waals surface area contributed by atoms with Gasteiger partial charge in [0.1, 0.15) is 5.76 Å². The first-order valence-electron chi connectivity index (χ1n) is 8.89. The third kappa shape index (κ3) is 3.11. The normalized spacial score (nSPS) is 24.1. The van der Waals surface area contributed by atoms with Crippen molar-refractivity contribution in [1.29, 1.82) is 0 Å². The van der Waals surface area contributed by atoms with Crippen LogP contribution >= 0.6 is 11.3 Å². The van der Waals surface area contributed by atoms with Crippen LogP contribution in [0.25, 0.3) is 0 Å². The number of likely N-dealkylation sites (tertiary alicyclic amines) is 2. The van der Waals surface area contributed by atoms with Crippen molar-refractivity contribution in [3.8, 4) is 0 Å². The van der Waals surface area contributed by atoms with Crippen molar-refractivity contribution in [2.24, 2.45) is 0 Å². The lowest BCUT2D eigenvalue weighted by molar-refractivity contribution is -0.138. The van der Waals surface area contributed by atoms with Crippen LogP contribution in [0.15, 0.2) is 9.90 Å². The molecule has 2 aliphatic rings. The second kappa shape index (κ2) is 6.53. The molecule has 0 unspecified atom stereocenters. The molecular formula is C18H24N4O2S. The van der Waals surface area contributed by atoms with Gasteiger partial charge in [-0.3, -0.25) is 9.69 Å². The van der Waals surface area contributed by atoms with Gasteiger partial charge in [0.05, 0.1) is 22.9 Å². The molecular weight excluding hydrogens is 336 g/mol. The summed E-state index contributed by atoms with van der Waals surface area (Å²) in [5, 5.41) is 7.20. The van der Waals surface area contributed by atoms with E-state index in [4.69, 9.17) is 4.52 Å². The Balaban J connectivity index is 1.50. The molecule has 2 aromatic heterocycles. The fraction of sp³-hybridized carbons (Fsp3) is 0.611. The third-order valence-corrected chi connectivity index (χ3v) is 6.36. The van der Waals surface area contributed by atoms with Gasteiger partial charge in [-0.25, -0.2) is 4.98 Å². The molecule has 0 aromatic carbocycles. The zero-order chi connectivity index (χ0) is 17.6.